The average Bonchev–Trinajstić information content (AvgIpc) is 3.09. The molecule has 3 aliphatic heterocycles. The number of carboxylic acid groups (broad SMARTS) is 1. The molecular formula is C42H55N3O7. The van der Waals surface area contributed by atoms with E-state index in [0.717, 1.165) is 95.8 Å². The molecule has 280 valence electrons. The van der Waals surface area contributed by atoms with Gasteiger partial charge in [0.2, 0.25) is 0 Å². The van der Waals surface area contributed by atoms with Gasteiger partial charge in [0.15, 0.2) is 6.10 Å². The molecular weight excluding hydrogens is 658 g/mol. The van der Waals surface area contributed by atoms with Crippen molar-refractivity contribution >= 4 is 12.1 Å². The molecule has 0 saturated carbocycles. The van der Waals surface area contributed by atoms with Gasteiger partial charge in [0.25, 0.3) is 0 Å². The minimum absolute atomic E-state index is 0.334. The number of amides is 1. The summed E-state index contributed by atoms with van der Waals surface area (Å²) in [5, 5.41) is 9.72. The highest BCUT2D eigenvalue weighted by molar-refractivity contribution is 5.92. The number of nitrogens with zero attached hydrogens (tertiary/aromatic N) is 3. The second kappa shape index (κ2) is 15.9. The second-order valence-electron chi connectivity index (χ2n) is 15.9. The molecule has 1 amide bonds. The number of carbonyl (C=O) groups is 2. The van der Waals surface area contributed by atoms with Crippen molar-refractivity contribution in [3.05, 3.63) is 70.0 Å². The fourth-order valence-electron chi connectivity index (χ4n) is 7.77. The highest BCUT2D eigenvalue weighted by Crippen LogP contribution is 2.45. The van der Waals surface area contributed by atoms with Crippen molar-refractivity contribution in [1.82, 2.24) is 14.8 Å². The van der Waals surface area contributed by atoms with Crippen LogP contribution in [-0.2, 0) is 44.9 Å². The molecule has 3 aromatic rings. The lowest BCUT2D eigenvalue weighted by Crippen LogP contribution is -2.34. The highest BCUT2D eigenvalue weighted by atomic mass is 16.6. The fraction of sp³-hybridized carbons (Fsp3) is 0.548. The molecule has 1 atom stereocenters. The molecule has 6 rings (SSSR count). The lowest BCUT2D eigenvalue weighted by atomic mass is 9.84. The van der Waals surface area contributed by atoms with E-state index in [9.17, 15) is 14.7 Å². The summed E-state index contributed by atoms with van der Waals surface area (Å²) in [5.41, 5.74) is 8.67. The van der Waals surface area contributed by atoms with E-state index in [4.69, 9.17) is 23.9 Å². The molecule has 1 N–H and O–H groups in total. The van der Waals surface area contributed by atoms with Crippen LogP contribution >= 0.6 is 0 Å². The molecule has 0 aliphatic carbocycles. The van der Waals surface area contributed by atoms with Crippen molar-refractivity contribution in [2.24, 2.45) is 5.92 Å². The van der Waals surface area contributed by atoms with Gasteiger partial charge in [-0.05, 0) is 132 Å². The van der Waals surface area contributed by atoms with Crippen LogP contribution < -0.4 is 4.74 Å². The van der Waals surface area contributed by atoms with Crippen LogP contribution in [0.2, 0.25) is 0 Å². The van der Waals surface area contributed by atoms with Crippen LogP contribution in [0.5, 0.6) is 5.75 Å². The Bertz CT molecular complexity index is 1780. The van der Waals surface area contributed by atoms with Gasteiger partial charge in [0.05, 0.1) is 24.0 Å². The fourth-order valence-corrected chi connectivity index (χ4v) is 7.77. The molecule has 1 aromatic heterocycles. The zero-order chi connectivity index (χ0) is 37.2. The Morgan fingerprint density at radius 2 is 1.71 bits per heavy atom. The molecule has 0 spiro atoms. The maximum Gasteiger partial charge on any atom is 0.407 e. The summed E-state index contributed by atoms with van der Waals surface area (Å²) < 4.78 is 24.2. The van der Waals surface area contributed by atoms with E-state index in [1.807, 2.05) is 47.6 Å². The van der Waals surface area contributed by atoms with Gasteiger partial charge in [-0.1, -0.05) is 24.3 Å². The normalized spacial score (nSPS) is 17.1. The number of aromatic nitrogens is 1. The van der Waals surface area contributed by atoms with Crippen LogP contribution in [0, 0.1) is 12.8 Å². The minimum Gasteiger partial charge on any atom is -0.493 e. The monoisotopic (exact) mass is 713 g/mol. The number of rotatable bonds is 10. The van der Waals surface area contributed by atoms with Gasteiger partial charge >= 0.3 is 12.1 Å². The van der Waals surface area contributed by atoms with Crippen LogP contribution in [0.15, 0.2) is 36.4 Å². The Morgan fingerprint density at radius 1 is 1.00 bits per heavy atom. The number of carbonyl (C=O) groups excluding carboxylic acids is 1. The van der Waals surface area contributed by atoms with E-state index in [0.29, 0.717) is 49.8 Å². The number of hydrogen-bond acceptors (Lipinski definition) is 8. The standard InChI is InChI=1S/C42H55N3O7/c1-26(2)51-40(46)39(52-42(4,5)6)36-27(3)43-34(25-44(7)23-28-15-19-49-20-16-28)37(38(36)32-12-13-35-30(22-32)9-8-18-50-35)31-10-11-33-24-45(41(47)48)17-14-29(33)21-31/h10-13,21-22,26,28,39H,8-9,14-20,23-25H2,1-7H3,(H,47,48). The quantitative estimate of drug-likeness (QED) is 0.211. The molecule has 10 heteroatoms. The van der Waals surface area contributed by atoms with E-state index in [1.165, 1.54) is 4.90 Å². The number of ether oxygens (including phenoxy) is 4. The second-order valence-corrected chi connectivity index (χ2v) is 15.9. The van der Waals surface area contributed by atoms with E-state index in [-0.39, 0.29) is 6.10 Å². The molecule has 1 fully saturated rings. The molecule has 0 radical (unpaired) electrons. The predicted octanol–water partition coefficient (Wildman–Crippen LogP) is 7.75. The van der Waals surface area contributed by atoms with Crippen LogP contribution in [0.1, 0.15) is 93.6 Å². The van der Waals surface area contributed by atoms with Crippen molar-refractivity contribution in [3.8, 4) is 28.0 Å². The van der Waals surface area contributed by atoms with Crippen LogP contribution in [0.3, 0.4) is 0 Å². The number of fused-ring (bicyclic) bond motifs is 2. The lowest BCUT2D eigenvalue weighted by molar-refractivity contribution is -0.171. The van der Waals surface area contributed by atoms with Gasteiger partial charge in [-0.25, -0.2) is 9.59 Å². The van der Waals surface area contributed by atoms with E-state index < -0.39 is 23.8 Å². The number of pyridine rings is 1. The summed E-state index contributed by atoms with van der Waals surface area (Å²) >= 11 is 0. The van der Waals surface area contributed by atoms with Gasteiger partial charge in [-0.3, -0.25) is 4.98 Å². The van der Waals surface area contributed by atoms with Gasteiger partial charge in [0.1, 0.15) is 5.75 Å². The molecule has 52 heavy (non-hydrogen) atoms. The number of hydrogen-bond donors (Lipinski definition) is 1. The Kier molecular flexibility index (Phi) is 11.6. The van der Waals surface area contributed by atoms with Gasteiger partial charge in [0, 0.05) is 56.2 Å². The van der Waals surface area contributed by atoms with Crippen molar-refractivity contribution in [3.63, 3.8) is 0 Å². The third-order valence-electron chi connectivity index (χ3n) is 10.1. The third-order valence-corrected chi connectivity index (χ3v) is 10.1. The van der Waals surface area contributed by atoms with Crippen LogP contribution in [0.4, 0.5) is 4.79 Å². The Balaban J connectivity index is 1.60. The number of esters is 1. The van der Waals surface area contributed by atoms with Crippen LogP contribution in [-0.4, -0.2) is 83.6 Å². The van der Waals surface area contributed by atoms with Crippen molar-refractivity contribution in [2.75, 3.05) is 40.0 Å². The third kappa shape index (κ3) is 8.78. The molecule has 3 aliphatic rings. The van der Waals surface area contributed by atoms with Gasteiger partial charge < -0.3 is 33.9 Å². The summed E-state index contributed by atoms with van der Waals surface area (Å²) in [6, 6.07) is 12.7. The molecule has 2 aromatic carbocycles. The Morgan fingerprint density at radius 3 is 2.42 bits per heavy atom. The highest BCUT2D eigenvalue weighted by Gasteiger charge is 2.36. The van der Waals surface area contributed by atoms with Gasteiger partial charge in [-0.15, -0.1) is 0 Å². The summed E-state index contributed by atoms with van der Waals surface area (Å²) in [6.45, 7) is 16.1. The van der Waals surface area contributed by atoms with E-state index in [1.54, 1.807) is 0 Å². The first-order valence-corrected chi connectivity index (χ1v) is 18.8. The SMILES string of the molecule is Cc1nc(CN(C)CC2CCOCC2)c(-c2ccc3c(c2)CCN(C(=O)O)C3)c(-c2ccc3c(c2)CCCO3)c1C(OC(C)(C)C)C(=O)OC(C)C. The lowest BCUT2D eigenvalue weighted by Gasteiger charge is -2.32. The van der Waals surface area contributed by atoms with Crippen molar-refractivity contribution < 1.29 is 33.6 Å². The number of aryl methyl sites for hydroxylation is 2. The van der Waals surface area contributed by atoms with Crippen molar-refractivity contribution in [1.29, 1.82) is 0 Å². The topological polar surface area (TPSA) is 111 Å². The van der Waals surface area contributed by atoms with Crippen molar-refractivity contribution in [2.45, 2.75) is 105 Å². The Labute approximate surface area is 308 Å². The first-order chi connectivity index (χ1) is 24.8. The maximum absolute atomic E-state index is 14.1. The van der Waals surface area contributed by atoms with Crippen LogP contribution in [0.25, 0.3) is 22.3 Å². The predicted molar refractivity (Wildman–Crippen MR) is 200 cm³/mol. The smallest absolute Gasteiger partial charge is 0.407 e. The molecule has 1 saturated heterocycles. The van der Waals surface area contributed by atoms with E-state index in [2.05, 4.69) is 42.3 Å². The molecule has 1 unspecified atom stereocenters. The number of benzene rings is 2. The largest absolute Gasteiger partial charge is 0.493 e. The summed E-state index contributed by atoms with van der Waals surface area (Å²) in [7, 11) is 2.15. The van der Waals surface area contributed by atoms with E-state index >= 15 is 0 Å². The Hall–Kier alpha value is -3.99. The molecule has 0 bridgehead atoms. The zero-order valence-corrected chi connectivity index (χ0v) is 31.9. The first-order valence-electron chi connectivity index (χ1n) is 18.8. The molecule has 10 nitrogen and oxygen atoms in total. The first kappa shape index (κ1) is 37.8. The average molecular weight is 714 g/mol. The molecule has 4 heterocycles. The van der Waals surface area contributed by atoms with Gasteiger partial charge in [-0.2, -0.15) is 0 Å². The summed E-state index contributed by atoms with van der Waals surface area (Å²) in [5.74, 6) is 0.977. The minimum atomic E-state index is -1.04. The summed E-state index contributed by atoms with van der Waals surface area (Å²) in [6.07, 6.45) is 2.24. The maximum atomic E-state index is 14.1. The summed E-state index contributed by atoms with van der Waals surface area (Å²) in [4.78, 5) is 35.2. The zero-order valence-electron chi connectivity index (χ0n) is 31.9.